The summed E-state index contributed by atoms with van der Waals surface area (Å²) in [7, 11) is -2.31. The summed E-state index contributed by atoms with van der Waals surface area (Å²) in [6.45, 7) is 5.97. The highest BCUT2D eigenvalue weighted by Crippen LogP contribution is 2.28. The number of aromatic nitrogens is 1. The van der Waals surface area contributed by atoms with Crippen LogP contribution in [0.25, 0.3) is 0 Å². The summed E-state index contributed by atoms with van der Waals surface area (Å²) in [6, 6.07) is 2.99. The molecule has 0 unspecified atom stereocenters. The van der Waals surface area contributed by atoms with Crippen molar-refractivity contribution < 1.29 is 17.9 Å². The average molecular weight is 404 g/mol. The summed E-state index contributed by atoms with van der Waals surface area (Å²) >= 11 is 2.68. The zero-order chi connectivity index (χ0) is 18.6. The molecule has 25 heavy (non-hydrogen) atoms. The van der Waals surface area contributed by atoms with Crippen LogP contribution in [-0.4, -0.2) is 33.1 Å². The van der Waals surface area contributed by atoms with Crippen molar-refractivity contribution in [2.75, 3.05) is 13.7 Å². The van der Waals surface area contributed by atoms with Gasteiger partial charge in [0.2, 0.25) is 0 Å². The second-order valence-electron chi connectivity index (χ2n) is 5.41. The molecule has 0 aliphatic heterocycles. The Labute approximate surface area is 155 Å². The topological polar surface area (TPSA) is 97.4 Å². The Hall–Kier alpha value is -1.49. The fraction of sp³-hybridized carbons (Fsp3) is 0.467. The minimum absolute atomic E-state index is 0.256. The van der Waals surface area contributed by atoms with Crippen LogP contribution in [0.5, 0.6) is 0 Å². The summed E-state index contributed by atoms with van der Waals surface area (Å²) in [5.74, 6) is 0. The molecule has 2 aromatic heterocycles. The molecule has 0 bridgehead atoms. The Morgan fingerprint density at radius 2 is 2.04 bits per heavy atom. The first-order valence-corrected chi connectivity index (χ1v) is 10.7. The van der Waals surface area contributed by atoms with Gasteiger partial charge in [0, 0.05) is 16.3 Å². The highest BCUT2D eigenvalue weighted by molar-refractivity contribution is 7.91. The SMILES string of the molecule is COC(=O)NCCc1ccc(S(=O)(=O)N[C@H](C)c2sc(C)nc2C)s1. The maximum Gasteiger partial charge on any atom is 0.406 e. The third-order valence-corrected chi connectivity index (χ3v) is 7.83. The molecule has 2 rings (SSSR count). The number of aryl methyl sites for hydroxylation is 2. The van der Waals surface area contributed by atoms with Crippen LogP contribution in [0.4, 0.5) is 4.79 Å². The molecule has 1 amide bonds. The summed E-state index contributed by atoms with van der Waals surface area (Å²) in [5, 5.41) is 3.48. The highest BCUT2D eigenvalue weighted by atomic mass is 32.2. The van der Waals surface area contributed by atoms with E-state index in [9.17, 15) is 13.2 Å². The van der Waals surface area contributed by atoms with E-state index in [1.165, 1.54) is 29.8 Å². The average Bonchev–Trinajstić information content (AvgIpc) is 3.13. The fourth-order valence-electron chi connectivity index (χ4n) is 2.29. The van der Waals surface area contributed by atoms with Gasteiger partial charge < -0.3 is 10.1 Å². The number of methoxy groups -OCH3 is 1. The molecule has 1 atom stereocenters. The molecule has 138 valence electrons. The normalized spacial score (nSPS) is 12.8. The van der Waals surface area contributed by atoms with Gasteiger partial charge in [-0.2, -0.15) is 0 Å². The molecule has 0 saturated carbocycles. The predicted molar refractivity (Wildman–Crippen MR) is 98.8 cm³/mol. The van der Waals surface area contributed by atoms with E-state index < -0.39 is 16.1 Å². The molecular formula is C15H21N3O4S3. The van der Waals surface area contributed by atoms with Crippen molar-refractivity contribution in [3.8, 4) is 0 Å². The van der Waals surface area contributed by atoms with Crippen molar-refractivity contribution in [1.82, 2.24) is 15.0 Å². The first-order valence-electron chi connectivity index (χ1n) is 7.59. The molecule has 0 radical (unpaired) electrons. The van der Waals surface area contributed by atoms with Gasteiger partial charge in [-0.05, 0) is 39.3 Å². The van der Waals surface area contributed by atoms with Crippen LogP contribution in [0, 0.1) is 13.8 Å². The molecule has 2 N–H and O–H groups in total. The lowest BCUT2D eigenvalue weighted by atomic mass is 10.2. The molecule has 2 heterocycles. The Balaban J connectivity index is 2.02. The first kappa shape index (κ1) is 19.8. The number of rotatable bonds is 7. The largest absolute Gasteiger partial charge is 0.453 e. The minimum atomic E-state index is -3.60. The Morgan fingerprint density at radius 1 is 1.32 bits per heavy atom. The van der Waals surface area contributed by atoms with E-state index in [4.69, 9.17) is 0 Å². The van der Waals surface area contributed by atoms with Gasteiger partial charge >= 0.3 is 6.09 Å². The lowest BCUT2D eigenvalue weighted by molar-refractivity contribution is 0.171. The lowest BCUT2D eigenvalue weighted by Crippen LogP contribution is -2.26. The third kappa shape index (κ3) is 5.24. The third-order valence-electron chi connectivity index (χ3n) is 3.39. The number of hydrogen-bond donors (Lipinski definition) is 2. The number of sulfonamides is 1. The summed E-state index contributed by atoms with van der Waals surface area (Å²) in [5.41, 5.74) is 0.846. The van der Waals surface area contributed by atoms with Crippen molar-refractivity contribution in [2.45, 2.75) is 37.4 Å². The molecule has 10 heteroatoms. The number of carbonyl (C=O) groups is 1. The van der Waals surface area contributed by atoms with Crippen molar-refractivity contribution in [3.63, 3.8) is 0 Å². The maximum atomic E-state index is 12.6. The summed E-state index contributed by atoms with van der Waals surface area (Å²) in [4.78, 5) is 17.1. The number of carbonyl (C=O) groups excluding carboxylic acids is 1. The Kier molecular flexibility index (Phi) is 6.55. The minimum Gasteiger partial charge on any atom is -0.453 e. The maximum absolute atomic E-state index is 12.6. The van der Waals surface area contributed by atoms with Gasteiger partial charge in [-0.1, -0.05) is 0 Å². The number of nitrogens with one attached hydrogen (secondary N) is 2. The quantitative estimate of drug-likeness (QED) is 0.741. The van der Waals surface area contributed by atoms with Crippen LogP contribution in [0.3, 0.4) is 0 Å². The van der Waals surface area contributed by atoms with Gasteiger partial charge in [0.15, 0.2) is 0 Å². The molecule has 7 nitrogen and oxygen atoms in total. The number of hydrogen-bond acceptors (Lipinski definition) is 7. The molecule has 2 aromatic rings. The summed E-state index contributed by atoms with van der Waals surface area (Å²) in [6.07, 6.45) is 0.0351. The molecule has 0 aliphatic carbocycles. The zero-order valence-corrected chi connectivity index (χ0v) is 16.9. The number of amides is 1. The van der Waals surface area contributed by atoms with Gasteiger partial charge in [-0.25, -0.2) is 22.9 Å². The van der Waals surface area contributed by atoms with E-state index in [1.54, 1.807) is 12.1 Å². The number of ether oxygens (including phenoxy) is 1. The van der Waals surface area contributed by atoms with Gasteiger partial charge in [0.1, 0.15) is 4.21 Å². The molecule has 0 fully saturated rings. The van der Waals surface area contributed by atoms with E-state index in [-0.39, 0.29) is 10.3 Å². The van der Waals surface area contributed by atoms with E-state index in [0.29, 0.717) is 13.0 Å². The van der Waals surface area contributed by atoms with Crippen molar-refractivity contribution in [2.24, 2.45) is 0 Å². The fourth-order valence-corrected chi connectivity index (χ4v) is 5.88. The van der Waals surface area contributed by atoms with Gasteiger partial charge in [0.25, 0.3) is 10.0 Å². The number of thiophene rings is 1. The van der Waals surface area contributed by atoms with Gasteiger partial charge in [-0.15, -0.1) is 22.7 Å². The highest BCUT2D eigenvalue weighted by Gasteiger charge is 2.22. The van der Waals surface area contributed by atoms with Crippen LogP contribution in [0.15, 0.2) is 16.3 Å². The monoisotopic (exact) mass is 403 g/mol. The second-order valence-corrected chi connectivity index (χ2v) is 9.76. The molecular weight excluding hydrogens is 382 g/mol. The summed E-state index contributed by atoms with van der Waals surface area (Å²) < 4.78 is 32.6. The molecule has 0 spiro atoms. The van der Waals surface area contributed by atoms with E-state index in [0.717, 1.165) is 20.5 Å². The molecule has 0 aromatic carbocycles. The zero-order valence-electron chi connectivity index (χ0n) is 14.5. The molecule has 0 aliphatic rings. The van der Waals surface area contributed by atoms with Crippen molar-refractivity contribution >= 4 is 38.8 Å². The van der Waals surface area contributed by atoms with Gasteiger partial charge in [0.05, 0.1) is 23.9 Å². The standard InChI is InChI=1S/C15H21N3O4S3/c1-9-14(23-11(3)17-9)10(2)18-25(20,21)13-6-5-12(24-13)7-8-16-15(19)22-4/h5-6,10,18H,7-8H2,1-4H3,(H,16,19)/t10-/m1/s1. The van der Waals surface area contributed by atoms with Crippen LogP contribution in [0.1, 0.15) is 33.4 Å². The van der Waals surface area contributed by atoms with E-state index in [2.05, 4.69) is 19.8 Å². The smallest absolute Gasteiger partial charge is 0.406 e. The lowest BCUT2D eigenvalue weighted by Gasteiger charge is -2.12. The Bertz CT molecular complexity index is 842. The van der Waals surface area contributed by atoms with Crippen molar-refractivity contribution in [3.05, 3.63) is 32.6 Å². The van der Waals surface area contributed by atoms with Crippen LogP contribution >= 0.6 is 22.7 Å². The predicted octanol–water partition coefficient (Wildman–Crippen LogP) is 2.76. The number of thiazole rings is 1. The number of nitrogens with zero attached hydrogens (tertiary/aromatic N) is 1. The molecule has 0 saturated heterocycles. The second kappa shape index (κ2) is 8.26. The van der Waals surface area contributed by atoms with Crippen LogP contribution in [0.2, 0.25) is 0 Å². The first-order chi connectivity index (χ1) is 11.7. The Morgan fingerprint density at radius 3 is 2.64 bits per heavy atom. The van der Waals surface area contributed by atoms with Crippen LogP contribution < -0.4 is 10.0 Å². The van der Waals surface area contributed by atoms with E-state index >= 15 is 0 Å². The van der Waals surface area contributed by atoms with Crippen LogP contribution in [-0.2, 0) is 21.2 Å². The number of alkyl carbamates (subject to hydrolysis) is 1. The van der Waals surface area contributed by atoms with Gasteiger partial charge in [-0.3, -0.25) is 0 Å². The van der Waals surface area contributed by atoms with Crippen molar-refractivity contribution in [1.29, 1.82) is 0 Å². The van der Waals surface area contributed by atoms with E-state index in [1.807, 2.05) is 20.8 Å².